The summed E-state index contributed by atoms with van der Waals surface area (Å²) in [7, 11) is 0.854. The molecular weight excluding hydrogens is 387 g/mol. The molecule has 1 aromatic carbocycles. The van der Waals surface area contributed by atoms with Gasteiger partial charge in [0.15, 0.2) is 0 Å². The molecule has 1 unspecified atom stereocenters. The Labute approximate surface area is 170 Å². The summed E-state index contributed by atoms with van der Waals surface area (Å²) in [6.07, 6.45) is 0.401. The summed E-state index contributed by atoms with van der Waals surface area (Å²) in [5, 5.41) is 0.0244. The molecule has 0 aromatic heterocycles. The Hall–Kier alpha value is -1.35. The van der Waals surface area contributed by atoms with Crippen LogP contribution in [0, 0.1) is 11.7 Å². The molecule has 1 amide bonds. The van der Waals surface area contributed by atoms with Gasteiger partial charge < -0.3 is 24.5 Å². The van der Waals surface area contributed by atoms with Crippen LogP contribution in [0.3, 0.4) is 0 Å². The van der Waals surface area contributed by atoms with E-state index < -0.39 is 41.8 Å². The zero-order valence-electron chi connectivity index (χ0n) is 17.0. The van der Waals surface area contributed by atoms with Crippen LogP contribution in [0.25, 0.3) is 0 Å². The number of carbonyl (C=O) groups excluding carboxylic acids is 1. The number of hydrogen-bond acceptors (Lipinski definition) is 5. The second-order valence-corrected chi connectivity index (χ2v) is 8.37. The summed E-state index contributed by atoms with van der Waals surface area (Å²) in [6.45, 7) is 8.10. The molecule has 0 bridgehead atoms. The monoisotopic (exact) mass is 415 g/mol. The number of carbonyl (C=O) groups is 1. The lowest BCUT2D eigenvalue weighted by Gasteiger charge is -2.32. The van der Waals surface area contributed by atoms with E-state index in [-0.39, 0.29) is 18.2 Å². The number of primary amides is 1. The van der Waals surface area contributed by atoms with Crippen molar-refractivity contribution in [2.45, 2.75) is 51.1 Å². The van der Waals surface area contributed by atoms with Crippen LogP contribution in [-0.2, 0) is 18.8 Å². The lowest BCUT2D eigenvalue weighted by atomic mass is 9.63. The lowest BCUT2D eigenvalue weighted by Crippen LogP contribution is -2.41. The van der Waals surface area contributed by atoms with E-state index in [2.05, 4.69) is 0 Å². The fourth-order valence-electron chi connectivity index (χ4n) is 3.07. The predicted molar refractivity (Wildman–Crippen MR) is 106 cm³/mol. The average Bonchev–Trinajstić information content (AvgIpc) is 2.80. The smallest absolute Gasteiger partial charge is 0.462 e. The molecule has 6 nitrogen and oxygen atoms in total. The summed E-state index contributed by atoms with van der Waals surface area (Å²) in [5.41, 5.74) is 4.51. The van der Waals surface area contributed by atoms with Crippen molar-refractivity contribution >= 4 is 24.6 Å². The fraction of sp³-hybridized carbons (Fsp3) is 0.632. The van der Waals surface area contributed by atoms with E-state index in [0.717, 1.165) is 0 Å². The molecule has 9 heteroatoms. The highest BCUT2D eigenvalue weighted by molar-refractivity contribution is 6.48. The maximum atomic E-state index is 13.6. The molecule has 0 saturated carbocycles. The van der Waals surface area contributed by atoms with Gasteiger partial charge in [0, 0.05) is 19.0 Å². The van der Waals surface area contributed by atoms with Gasteiger partial charge in [-0.15, -0.1) is 0 Å². The van der Waals surface area contributed by atoms with Gasteiger partial charge in [0.25, 0.3) is 0 Å². The predicted octanol–water partition coefficient (Wildman–Crippen LogP) is 3.46. The fourth-order valence-corrected chi connectivity index (χ4v) is 3.18. The molecular formula is C19H28BClFNO5. The van der Waals surface area contributed by atoms with E-state index >= 15 is 0 Å². The number of methoxy groups -OCH3 is 1. The highest BCUT2D eigenvalue weighted by atomic mass is 35.5. The molecule has 1 aromatic rings. The van der Waals surface area contributed by atoms with Gasteiger partial charge in [-0.2, -0.15) is 0 Å². The van der Waals surface area contributed by atoms with Gasteiger partial charge in [-0.25, -0.2) is 4.39 Å². The van der Waals surface area contributed by atoms with Crippen molar-refractivity contribution in [2.75, 3.05) is 20.3 Å². The topological polar surface area (TPSA) is 80.0 Å². The van der Waals surface area contributed by atoms with E-state index in [4.69, 9.17) is 36.1 Å². The molecule has 1 aliphatic rings. The van der Waals surface area contributed by atoms with E-state index in [1.165, 1.54) is 19.2 Å². The third-order valence-electron chi connectivity index (χ3n) is 5.46. The van der Waals surface area contributed by atoms with Gasteiger partial charge in [-0.05, 0) is 46.2 Å². The zero-order chi connectivity index (χ0) is 21.1. The Balaban J connectivity index is 2.14. The molecule has 2 atom stereocenters. The van der Waals surface area contributed by atoms with Crippen LogP contribution in [0.5, 0.6) is 5.75 Å². The van der Waals surface area contributed by atoms with Gasteiger partial charge in [0.05, 0.1) is 35.4 Å². The third kappa shape index (κ3) is 5.17. The average molecular weight is 416 g/mol. The van der Waals surface area contributed by atoms with E-state index in [1.807, 2.05) is 27.7 Å². The summed E-state index contributed by atoms with van der Waals surface area (Å²) >= 11 is 5.69. The van der Waals surface area contributed by atoms with Crippen molar-refractivity contribution in [3.05, 3.63) is 29.0 Å². The zero-order valence-corrected chi connectivity index (χ0v) is 17.7. The normalized spacial score (nSPS) is 20.0. The summed E-state index contributed by atoms with van der Waals surface area (Å²) in [5.74, 6) is -1.73. The van der Waals surface area contributed by atoms with Crippen LogP contribution in [-0.4, -0.2) is 44.6 Å². The first-order chi connectivity index (χ1) is 13.0. The maximum Gasteiger partial charge on any atom is 0.462 e. The van der Waals surface area contributed by atoms with Crippen molar-refractivity contribution in [3.8, 4) is 5.75 Å². The van der Waals surface area contributed by atoms with Gasteiger partial charge in [-0.3, -0.25) is 4.79 Å². The molecule has 28 heavy (non-hydrogen) atoms. The van der Waals surface area contributed by atoms with E-state index in [9.17, 15) is 9.18 Å². The quantitative estimate of drug-likeness (QED) is 0.625. The van der Waals surface area contributed by atoms with Gasteiger partial charge in [0.2, 0.25) is 5.91 Å². The Morgan fingerprint density at radius 1 is 1.29 bits per heavy atom. The summed E-state index contributed by atoms with van der Waals surface area (Å²) < 4.78 is 36.7. The molecule has 1 saturated heterocycles. The maximum absolute atomic E-state index is 13.6. The number of halogens is 2. The number of nitrogens with two attached hydrogens (primary N) is 1. The number of rotatable bonds is 9. The lowest BCUT2D eigenvalue weighted by molar-refractivity contribution is -0.123. The molecule has 0 aliphatic carbocycles. The van der Waals surface area contributed by atoms with Crippen molar-refractivity contribution in [3.63, 3.8) is 0 Å². The van der Waals surface area contributed by atoms with Crippen molar-refractivity contribution < 1.29 is 28.0 Å². The van der Waals surface area contributed by atoms with E-state index in [1.54, 1.807) is 6.07 Å². The molecule has 156 valence electrons. The van der Waals surface area contributed by atoms with Crippen LogP contribution in [0.1, 0.15) is 34.1 Å². The largest absolute Gasteiger partial charge is 0.494 e. The first kappa shape index (κ1) is 22.9. The van der Waals surface area contributed by atoms with E-state index in [0.29, 0.717) is 12.2 Å². The molecule has 1 aliphatic heterocycles. The molecule has 0 radical (unpaired) electrons. The Morgan fingerprint density at radius 2 is 1.89 bits per heavy atom. The molecule has 0 spiro atoms. The number of amides is 1. The first-order valence-corrected chi connectivity index (χ1v) is 9.58. The minimum absolute atomic E-state index is 0.0244. The highest BCUT2D eigenvalue weighted by Gasteiger charge is 2.55. The highest BCUT2D eigenvalue weighted by Crippen LogP contribution is 2.43. The van der Waals surface area contributed by atoms with Gasteiger partial charge >= 0.3 is 7.12 Å². The van der Waals surface area contributed by atoms with Gasteiger partial charge in [0.1, 0.15) is 11.6 Å². The van der Waals surface area contributed by atoms with Crippen LogP contribution in [0.15, 0.2) is 18.2 Å². The van der Waals surface area contributed by atoms with Gasteiger partial charge in [-0.1, -0.05) is 11.6 Å². The summed E-state index contributed by atoms with van der Waals surface area (Å²) in [6, 6.07) is 4.22. The molecule has 1 heterocycles. The molecule has 2 N–H and O–H groups in total. The Bertz CT molecular complexity index is 687. The third-order valence-corrected chi connectivity index (χ3v) is 5.77. The van der Waals surface area contributed by atoms with Crippen molar-refractivity contribution in [1.82, 2.24) is 0 Å². The second kappa shape index (κ2) is 8.99. The molecule has 2 rings (SSSR count). The number of ether oxygens (including phenoxy) is 2. The standard InChI is InChI=1S/C19H28BClFNO5/c1-18(2)19(3,4)28-20(27-18)14(13(11-25-5)17(23)24)8-9-26-12-6-7-15(21)16(22)10-12/h6-7,10,13-14H,8-9,11H2,1-5H3,(H2,23,24)/t13?,14-/m0/s1. The van der Waals surface area contributed by atoms with Crippen molar-refractivity contribution in [2.24, 2.45) is 11.7 Å². The summed E-state index contributed by atoms with van der Waals surface area (Å²) in [4.78, 5) is 12.1. The Kier molecular flexibility index (Phi) is 7.36. The SMILES string of the molecule is COCC(C(N)=O)[C@H](CCOc1ccc(Cl)c(F)c1)B1OC(C)(C)C(C)(C)O1. The first-order valence-electron chi connectivity index (χ1n) is 9.20. The van der Waals surface area contributed by atoms with Crippen molar-refractivity contribution in [1.29, 1.82) is 0 Å². The van der Waals surface area contributed by atoms with Crippen LogP contribution >= 0.6 is 11.6 Å². The minimum Gasteiger partial charge on any atom is -0.494 e. The van der Waals surface area contributed by atoms with Crippen LogP contribution in [0.2, 0.25) is 10.8 Å². The molecule has 1 fully saturated rings. The van der Waals surface area contributed by atoms with Crippen LogP contribution in [0.4, 0.5) is 4.39 Å². The number of benzene rings is 1. The minimum atomic E-state index is -0.650. The van der Waals surface area contributed by atoms with Crippen LogP contribution < -0.4 is 10.5 Å². The second-order valence-electron chi connectivity index (χ2n) is 7.97. The Morgan fingerprint density at radius 3 is 2.39 bits per heavy atom. The number of hydrogen-bond donors (Lipinski definition) is 1.